The molecule has 4 heteroatoms. The van der Waals surface area contributed by atoms with Crippen LogP contribution in [0.2, 0.25) is 0 Å². The van der Waals surface area contributed by atoms with Gasteiger partial charge in [0.05, 0.1) is 24.9 Å². The van der Waals surface area contributed by atoms with Gasteiger partial charge in [-0.05, 0) is 25.3 Å². The third-order valence-corrected chi connectivity index (χ3v) is 3.92. The minimum absolute atomic E-state index is 0.0660. The average Bonchev–Trinajstić information content (AvgIpc) is 2.72. The Balaban J connectivity index is 2.06. The summed E-state index contributed by atoms with van der Waals surface area (Å²) in [7, 11) is 1.68. The zero-order valence-electron chi connectivity index (χ0n) is 12.5. The standard InChI is InChI=1S/C16H24N2O2/c1-4-14(11-20-3)18-12(2)17-15(16(18)19)10-13-8-6-5-7-9-13/h5-9,12,14-15,17H,4,10-11H2,1-3H3. The maximum atomic E-state index is 12.6. The van der Waals surface area contributed by atoms with Crippen molar-refractivity contribution in [3.8, 4) is 0 Å². The molecule has 1 saturated heterocycles. The van der Waals surface area contributed by atoms with Crippen LogP contribution in [0.15, 0.2) is 30.3 Å². The zero-order valence-corrected chi connectivity index (χ0v) is 12.5. The number of amides is 1. The monoisotopic (exact) mass is 276 g/mol. The second-order valence-electron chi connectivity index (χ2n) is 5.35. The van der Waals surface area contributed by atoms with Gasteiger partial charge in [-0.25, -0.2) is 0 Å². The maximum absolute atomic E-state index is 12.6. The predicted molar refractivity (Wildman–Crippen MR) is 79.3 cm³/mol. The first-order chi connectivity index (χ1) is 9.67. The van der Waals surface area contributed by atoms with Crippen LogP contribution in [0.25, 0.3) is 0 Å². The van der Waals surface area contributed by atoms with Gasteiger partial charge >= 0.3 is 0 Å². The number of rotatable bonds is 6. The molecule has 1 aromatic carbocycles. The van der Waals surface area contributed by atoms with E-state index in [0.717, 1.165) is 12.8 Å². The first-order valence-corrected chi connectivity index (χ1v) is 7.28. The van der Waals surface area contributed by atoms with Crippen LogP contribution in [0.3, 0.4) is 0 Å². The van der Waals surface area contributed by atoms with Crippen molar-refractivity contribution in [2.75, 3.05) is 13.7 Å². The van der Waals surface area contributed by atoms with Gasteiger partial charge in [0.25, 0.3) is 0 Å². The summed E-state index contributed by atoms with van der Waals surface area (Å²) in [5.41, 5.74) is 1.19. The summed E-state index contributed by atoms with van der Waals surface area (Å²) in [6, 6.07) is 10.2. The maximum Gasteiger partial charge on any atom is 0.241 e. The molecule has 1 aromatic rings. The van der Waals surface area contributed by atoms with Crippen molar-refractivity contribution >= 4 is 5.91 Å². The lowest BCUT2D eigenvalue weighted by Gasteiger charge is -2.29. The molecule has 1 heterocycles. The highest BCUT2D eigenvalue weighted by Gasteiger charge is 2.39. The van der Waals surface area contributed by atoms with Crippen LogP contribution >= 0.6 is 0 Å². The van der Waals surface area contributed by atoms with E-state index in [9.17, 15) is 4.79 Å². The molecule has 0 spiro atoms. The fraction of sp³-hybridized carbons (Fsp3) is 0.562. The summed E-state index contributed by atoms with van der Waals surface area (Å²) < 4.78 is 5.24. The molecule has 0 aliphatic carbocycles. The number of nitrogens with one attached hydrogen (secondary N) is 1. The predicted octanol–water partition coefficient (Wildman–Crippen LogP) is 1.80. The fourth-order valence-electron chi connectivity index (χ4n) is 2.89. The van der Waals surface area contributed by atoms with E-state index in [1.807, 2.05) is 30.0 Å². The van der Waals surface area contributed by atoms with Gasteiger partial charge in [-0.2, -0.15) is 0 Å². The number of hydrogen-bond donors (Lipinski definition) is 1. The largest absolute Gasteiger partial charge is 0.383 e. The smallest absolute Gasteiger partial charge is 0.241 e. The van der Waals surface area contributed by atoms with Gasteiger partial charge in [-0.1, -0.05) is 37.3 Å². The van der Waals surface area contributed by atoms with E-state index in [1.165, 1.54) is 5.56 Å². The highest BCUT2D eigenvalue weighted by molar-refractivity contribution is 5.85. The van der Waals surface area contributed by atoms with Crippen molar-refractivity contribution in [2.45, 2.75) is 44.9 Å². The molecule has 1 fully saturated rings. The van der Waals surface area contributed by atoms with Crippen LogP contribution in [0, 0.1) is 0 Å². The van der Waals surface area contributed by atoms with Gasteiger partial charge in [0, 0.05) is 7.11 Å². The first kappa shape index (κ1) is 15.0. The molecule has 20 heavy (non-hydrogen) atoms. The molecule has 3 atom stereocenters. The van der Waals surface area contributed by atoms with Crippen LogP contribution in [0.4, 0.5) is 0 Å². The Morgan fingerprint density at radius 3 is 2.65 bits per heavy atom. The number of methoxy groups -OCH3 is 1. The van der Waals surface area contributed by atoms with Crippen molar-refractivity contribution in [2.24, 2.45) is 0 Å². The molecule has 4 nitrogen and oxygen atoms in total. The summed E-state index contributed by atoms with van der Waals surface area (Å²) in [5.74, 6) is 0.185. The second kappa shape index (κ2) is 6.86. The Hall–Kier alpha value is -1.39. The van der Waals surface area contributed by atoms with Crippen molar-refractivity contribution in [3.63, 3.8) is 0 Å². The van der Waals surface area contributed by atoms with E-state index in [4.69, 9.17) is 4.74 Å². The number of ether oxygens (including phenoxy) is 1. The lowest BCUT2D eigenvalue weighted by atomic mass is 10.1. The molecule has 1 aliphatic rings. The lowest BCUT2D eigenvalue weighted by Crippen LogP contribution is -2.45. The third-order valence-electron chi connectivity index (χ3n) is 3.92. The second-order valence-corrected chi connectivity index (χ2v) is 5.35. The van der Waals surface area contributed by atoms with E-state index in [0.29, 0.717) is 6.61 Å². The van der Waals surface area contributed by atoms with Crippen molar-refractivity contribution in [3.05, 3.63) is 35.9 Å². The molecule has 0 saturated carbocycles. The molecule has 0 radical (unpaired) electrons. The van der Waals surface area contributed by atoms with Gasteiger partial charge in [-0.3, -0.25) is 10.1 Å². The van der Waals surface area contributed by atoms with Crippen molar-refractivity contribution in [1.82, 2.24) is 10.2 Å². The Morgan fingerprint density at radius 2 is 2.05 bits per heavy atom. The summed E-state index contributed by atoms with van der Waals surface area (Å²) >= 11 is 0. The van der Waals surface area contributed by atoms with Gasteiger partial charge in [0.2, 0.25) is 5.91 Å². The fourth-order valence-corrected chi connectivity index (χ4v) is 2.89. The summed E-state index contributed by atoms with van der Waals surface area (Å²) in [6.45, 7) is 4.72. The van der Waals surface area contributed by atoms with Crippen LogP contribution in [-0.4, -0.2) is 42.8 Å². The van der Waals surface area contributed by atoms with Gasteiger partial charge in [0.15, 0.2) is 0 Å². The van der Waals surface area contributed by atoms with Gasteiger partial charge in [-0.15, -0.1) is 0 Å². The van der Waals surface area contributed by atoms with E-state index >= 15 is 0 Å². The zero-order chi connectivity index (χ0) is 14.5. The molecule has 3 unspecified atom stereocenters. The Labute approximate surface area is 121 Å². The number of hydrogen-bond acceptors (Lipinski definition) is 3. The van der Waals surface area contributed by atoms with E-state index in [2.05, 4.69) is 24.4 Å². The highest BCUT2D eigenvalue weighted by Crippen LogP contribution is 2.19. The number of carbonyl (C=O) groups is 1. The summed E-state index contributed by atoms with van der Waals surface area (Å²) in [5, 5.41) is 3.40. The Bertz CT molecular complexity index is 435. The van der Waals surface area contributed by atoms with Gasteiger partial charge < -0.3 is 9.64 Å². The molecular formula is C16H24N2O2. The molecule has 1 aliphatic heterocycles. The summed E-state index contributed by atoms with van der Waals surface area (Å²) in [6.07, 6.45) is 1.71. The number of carbonyl (C=O) groups excluding carboxylic acids is 1. The third kappa shape index (κ3) is 3.19. The van der Waals surface area contributed by atoms with E-state index in [1.54, 1.807) is 7.11 Å². The number of nitrogens with zero attached hydrogens (tertiary/aromatic N) is 1. The Morgan fingerprint density at radius 1 is 1.35 bits per heavy atom. The van der Waals surface area contributed by atoms with Crippen LogP contribution in [0.1, 0.15) is 25.8 Å². The van der Waals surface area contributed by atoms with Crippen LogP contribution in [0.5, 0.6) is 0 Å². The summed E-state index contributed by atoms with van der Waals surface area (Å²) in [4.78, 5) is 14.5. The van der Waals surface area contributed by atoms with Crippen molar-refractivity contribution in [1.29, 1.82) is 0 Å². The normalized spacial score (nSPS) is 24.1. The van der Waals surface area contributed by atoms with Gasteiger partial charge in [0.1, 0.15) is 0 Å². The molecule has 1 N–H and O–H groups in total. The van der Waals surface area contributed by atoms with Crippen molar-refractivity contribution < 1.29 is 9.53 Å². The van der Waals surface area contributed by atoms with E-state index < -0.39 is 0 Å². The van der Waals surface area contributed by atoms with E-state index in [-0.39, 0.29) is 24.2 Å². The molecule has 1 amide bonds. The SMILES string of the molecule is CCC(COC)N1C(=O)C(Cc2ccccc2)NC1C. The average molecular weight is 276 g/mol. The topological polar surface area (TPSA) is 41.6 Å². The molecule has 110 valence electrons. The molecule has 0 aromatic heterocycles. The molecule has 0 bridgehead atoms. The minimum atomic E-state index is -0.127. The molecule has 2 rings (SSSR count). The highest BCUT2D eigenvalue weighted by atomic mass is 16.5. The lowest BCUT2D eigenvalue weighted by molar-refractivity contribution is -0.133. The van der Waals surface area contributed by atoms with Crippen LogP contribution in [-0.2, 0) is 16.0 Å². The Kier molecular flexibility index (Phi) is 5.15. The number of benzene rings is 1. The van der Waals surface area contributed by atoms with Crippen LogP contribution < -0.4 is 5.32 Å². The quantitative estimate of drug-likeness (QED) is 0.861. The first-order valence-electron chi connectivity index (χ1n) is 7.28. The molecular weight excluding hydrogens is 252 g/mol. The minimum Gasteiger partial charge on any atom is -0.383 e.